The van der Waals surface area contributed by atoms with Gasteiger partial charge in [-0.2, -0.15) is 0 Å². The van der Waals surface area contributed by atoms with Crippen LogP contribution in [0.2, 0.25) is 0 Å². The van der Waals surface area contributed by atoms with E-state index in [4.69, 9.17) is 5.73 Å². The Morgan fingerprint density at radius 1 is 1.32 bits per heavy atom. The molecule has 2 unspecified atom stereocenters. The Hall–Kier alpha value is -1.10. The first-order valence-electron chi connectivity index (χ1n) is 7.34. The van der Waals surface area contributed by atoms with Gasteiger partial charge in [0.05, 0.1) is 0 Å². The highest BCUT2D eigenvalue weighted by molar-refractivity contribution is 5.89. The highest BCUT2D eigenvalue weighted by Gasteiger charge is 2.37. The maximum Gasteiger partial charge on any atom is 0.245 e. The average molecular weight is 267 g/mol. The molecule has 5 heteroatoms. The minimum atomic E-state index is -0.305. The van der Waals surface area contributed by atoms with Gasteiger partial charge in [0.1, 0.15) is 6.04 Å². The van der Waals surface area contributed by atoms with Crippen LogP contribution in [0.5, 0.6) is 0 Å². The van der Waals surface area contributed by atoms with Gasteiger partial charge in [0.2, 0.25) is 11.8 Å². The van der Waals surface area contributed by atoms with Gasteiger partial charge in [-0.15, -0.1) is 0 Å². The van der Waals surface area contributed by atoms with E-state index in [1.165, 1.54) is 0 Å². The van der Waals surface area contributed by atoms with Crippen molar-refractivity contribution in [2.45, 2.75) is 51.6 Å². The monoisotopic (exact) mass is 267 g/mol. The van der Waals surface area contributed by atoms with Crippen LogP contribution in [0.25, 0.3) is 0 Å². The van der Waals surface area contributed by atoms with E-state index in [0.29, 0.717) is 19.5 Å². The van der Waals surface area contributed by atoms with Crippen LogP contribution in [0.4, 0.5) is 0 Å². The van der Waals surface area contributed by atoms with Crippen LogP contribution >= 0.6 is 0 Å². The molecule has 2 aliphatic rings. The lowest BCUT2D eigenvalue weighted by Gasteiger charge is -2.37. The summed E-state index contributed by atoms with van der Waals surface area (Å²) in [5, 5.41) is 0. The Morgan fingerprint density at radius 3 is 2.58 bits per heavy atom. The number of nitrogens with two attached hydrogens (primary N) is 1. The van der Waals surface area contributed by atoms with Crippen molar-refractivity contribution in [2.75, 3.05) is 19.6 Å². The normalized spacial score (nSPS) is 26.1. The van der Waals surface area contributed by atoms with Crippen LogP contribution in [-0.4, -0.2) is 53.3 Å². The molecule has 5 nitrogen and oxygen atoms in total. The molecule has 0 saturated carbocycles. The van der Waals surface area contributed by atoms with Crippen molar-refractivity contribution in [2.24, 2.45) is 11.7 Å². The van der Waals surface area contributed by atoms with Gasteiger partial charge in [0.15, 0.2) is 0 Å². The van der Waals surface area contributed by atoms with Crippen LogP contribution in [0.3, 0.4) is 0 Å². The molecule has 0 aromatic heterocycles. The highest BCUT2D eigenvalue weighted by atomic mass is 16.2. The molecule has 19 heavy (non-hydrogen) atoms. The summed E-state index contributed by atoms with van der Waals surface area (Å²) in [4.78, 5) is 28.2. The zero-order valence-corrected chi connectivity index (χ0v) is 12.0. The first kappa shape index (κ1) is 14.3. The number of carbonyl (C=O) groups excluding carboxylic acids is 2. The van der Waals surface area contributed by atoms with Gasteiger partial charge in [-0.1, -0.05) is 13.8 Å². The van der Waals surface area contributed by atoms with E-state index in [2.05, 4.69) is 0 Å². The molecule has 0 aromatic rings. The van der Waals surface area contributed by atoms with Crippen molar-refractivity contribution < 1.29 is 9.59 Å². The number of carbonyl (C=O) groups is 2. The minimum absolute atomic E-state index is 0.0831. The predicted molar refractivity (Wildman–Crippen MR) is 73.4 cm³/mol. The Labute approximate surface area is 115 Å². The van der Waals surface area contributed by atoms with Crippen LogP contribution < -0.4 is 5.73 Å². The van der Waals surface area contributed by atoms with E-state index in [1.807, 2.05) is 18.7 Å². The molecule has 0 spiro atoms. The molecule has 2 fully saturated rings. The quantitative estimate of drug-likeness (QED) is 0.813. The number of hydrogen-bond donors (Lipinski definition) is 1. The lowest BCUT2D eigenvalue weighted by Crippen LogP contribution is -2.55. The Kier molecular flexibility index (Phi) is 4.45. The van der Waals surface area contributed by atoms with Crippen LogP contribution in [0, 0.1) is 5.92 Å². The first-order chi connectivity index (χ1) is 9.00. The number of likely N-dealkylation sites (tertiary alicyclic amines) is 2. The van der Waals surface area contributed by atoms with Crippen LogP contribution in [0.1, 0.15) is 39.5 Å². The van der Waals surface area contributed by atoms with Crippen molar-refractivity contribution in [3.8, 4) is 0 Å². The first-order valence-corrected chi connectivity index (χ1v) is 7.34. The molecule has 0 aromatic carbocycles. The number of hydrogen-bond acceptors (Lipinski definition) is 3. The second kappa shape index (κ2) is 5.90. The fraction of sp³-hybridized carbons (Fsp3) is 0.857. The fourth-order valence-corrected chi connectivity index (χ4v) is 3.14. The van der Waals surface area contributed by atoms with Crippen LogP contribution in [0.15, 0.2) is 0 Å². The topological polar surface area (TPSA) is 66.6 Å². The van der Waals surface area contributed by atoms with Gasteiger partial charge < -0.3 is 15.5 Å². The van der Waals surface area contributed by atoms with E-state index in [-0.39, 0.29) is 29.8 Å². The average Bonchev–Trinajstić information content (AvgIpc) is 2.75. The molecule has 0 aliphatic carbocycles. The summed E-state index contributed by atoms with van der Waals surface area (Å²) in [5.74, 6) is 0.349. The maximum atomic E-state index is 12.7. The summed E-state index contributed by atoms with van der Waals surface area (Å²) in [6.45, 7) is 6.14. The summed E-state index contributed by atoms with van der Waals surface area (Å²) in [7, 11) is 0. The molecule has 108 valence electrons. The summed E-state index contributed by atoms with van der Waals surface area (Å²) >= 11 is 0. The highest BCUT2D eigenvalue weighted by Crippen LogP contribution is 2.22. The van der Waals surface area contributed by atoms with Gasteiger partial charge in [0, 0.05) is 32.1 Å². The van der Waals surface area contributed by atoms with Gasteiger partial charge in [-0.3, -0.25) is 9.59 Å². The number of rotatable bonds is 3. The third-order valence-corrected chi connectivity index (χ3v) is 4.10. The summed E-state index contributed by atoms with van der Waals surface area (Å²) < 4.78 is 0. The third kappa shape index (κ3) is 3.08. The molecule has 2 saturated heterocycles. The van der Waals surface area contributed by atoms with E-state index in [1.54, 1.807) is 4.90 Å². The van der Waals surface area contributed by atoms with Crippen molar-refractivity contribution in [3.63, 3.8) is 0 Å². The summed E-state index contributed by atoms with van der Waals surface area (Å²) in [6.07, 6.45) is 3.40. The molecular formula is C14H25N3O2. The van der Waals surface area contributed by atoms with Crippen molar-refractivity contribution in [3.05, 3.63) is 0 Å². The number of nitrogens with zero attached hydrogens (tertiary/aromatic N) is 2. The molecule has 0 radical (unpaired) electrons. The molecule has 2 rings (SSSR count). The zero-order chi connectivity index (χ0) is 14.0. The van der Waals surface area contributed by atoms with Gasteiger partial charge in [-0.25, -0.2) is 0 Å². The lowest BCUT2D eigenvalue weighted by molar-refractivity contribution is -0.146. The molecule has 2 N–H and O–H groups in total. The fourth-order valence-electron chi connectivity index (χ4n) is 3.14. The second-order valence-electron chi connectivity index (χ2n) is 6.07. The molecular weight excluding hydrogens is 242 g/mol. The second-order valence-corrected chi connectivity index (χ2v) is 6.07. The van der Waals surface area contributed by atoms with Crippen LogP contribution in [-0.2, 0) is 9.59 Å². The maximum absolute atomic E-state index is 12.7. The summed E-state index contributed by atoms with van der Waals surface area (Å²) in [6, 6.07) is -0.222. The minimum Gasteiger partial charge on any atom is -0.339 e. The smallest absolute Gasteiger partial charge is 0.245 e. The SMILES string of the molecule is CC(C)C(C(=O)N1CCCC(N)C1)N1CCCC1=O. The number of piperidine rings is 1. The van der Waals surface area contributed by atoms with Gasteiger partial charge in [0.25, 0.3) is 0 Å². The molecule has 2 amide bonds. The Balaban J connectivity index is 2.10. The molecule has 2 atom stereocenters. The molecule has 2 heterocycles. The standard InChI is InChI=1S/C14H25N3O2/c1-10(2)13(17-8-4-6-12(17)18)14(19)16-7-3-5-11(15)9-16/h10-11,13H,3-9,15H2,1-2H3. The lowest BCUT2D eigenvalue weighted by atomic mass is 9.98. The van der Waals surface area contributed by atoms with E-state index in [9.17, 15) is 9.59 Å². The zero-order valence-electron chi connectivity index (χ0n) is 12.0. The molecule has 0 bridgehead atoms. The largest absolute Gasteiger partial charge is 0.339 e. The van der Waals surface area contributed by atoms with Crippen molar-refractivity contribution >= 4 is 11.8 Å². The van der Waals surface area contributed by atoms with Crippen molar-refractivity contribution in [1.82, 2.24) is 9.80 Å². The third-order valence-electron chi connectivity index (χ3n) is 4.10. The van der Waals surface area contributed by atoms with Gasteiger partial charge in [-0.05, 0) is 25.2 Å². The Bertz CT molecular complexity index is 357. The number of amides is 2. The molecule has 2 aliphatic heterocycles. The summed E-state index contributed by atoms with van der Waals surface area (Å²) in [5.41, 5.74) is 5.95. The van der Waals surface area contributed by atoms with E-state index >= 15 is 0 Å². The van der Waals surface area contributed by atoms with E-state index in [0.717, 1.165) is 25.8 Å². The van der Waals surface area contributed by atoms with E-state index < -0.39 is 0 Å². The van der Waals surface area contributed by atoms with Crippen molar-refractivity contribution in [1.29, 1.82) is 0 Å². The Morgan fingerprint density at radius 2 is 2.05 bits per heavy atom. The van der Waals surface area contributed by atoms with Gasteiger partial charge >= 0.3 is 0 Å². The predicted octanol–water partition coefficient (Wildman–Crippen LogP) is 0.583.